The van der Waals surface area contributed by atoms with Crippen LogP contribution in [-0.4, -0.2) is 35.2 Å². The number of anilines is 2. The quantitative estimate of drug-likeness (QED) is 0.725. The Balaban J connectivity index is 1.60. The molecule has 1 aliphatic heterocycles. The molecule has 1 aromatic carbocycles. The fourth-order valence-corrected chi connectivity index (χ4v) is 4.10. The molecule has 1 aliphatic rings. The molecule has 2 amide bonds. The Bertz CT molecular complexity index is 821. The number of rotatable bonds is 8. The van der Waals surface area contributed by atoms with E-state index in [1.165, 1.54) is 11.3 Å². The summed E-state index contributed by atoms with van der Waals surface area (Å²) in [5.41, 5.74) is 0.773. The van der Waals surface area contributed by atoms with Gasteiger partial charge in [0.1, 0.15) is 10.8 Å². The SMILES string of the molecule is CCC[C@H](C)c1nnc(NC(=O)[C@@H]2CC(=O)N(c3ccc(OCC)cc3)C2)s1. The molecule has 0 saturated carbocycles. The lowest BCUT2D eigenvalue weighted by atomic mass is 10.1. The van der Waals surface area contributed by atoms with E-state index in [0.717, 1.165) is 29.3 Å². The number of nitrogens with zero attached hydrogens (tertiary/aromatic N) is 3. The fraction of sp³-hybridized carbons (Fsp3) is 0.500. The molecular formula is C20H26N4O3S. The Morgan fingerprint density at radius 2 is 2.07 bits per heavy atom. The molecule has 1 aromatic heterocycles. The molecule has 0 unspecified atom stereocenters. The zero-order valence-electron chi connectivity index (χ0n) is 16.5. The zero-order chi connectivity index (χ0) is 20.1. The van der Waals surface area contributed by atoms with Gasteiger partial charge < -0.3 is 15.0 Å². The lowest BCUT2D eigenvalue weighted by Crippen LogP contribution is -2.28. The molecule has 7 nitrogen and oxygen atoms in total. The third-order valence-corrected chi connectivity index (χ3v) is 5.84. The Kier molecular flexibility index (Phi) is 6.61. The minimum atomic E-state index is -0.403. The average Bonchev–Trinajstić information content (AvgIpc) is 3.30. The van der Waals surface area contributed by atoms with Crippen molar-refractivity contribution in [2.45, 2.75) is 46.0 Å². The molecule has 3 rings (SSSR count). The molecule has 0 radical (unpaired) electrons. The van der Waals surface area contributed by atoms with Crippen molar-refractivity contribution in [3.05, 3.63) is 29.3 Å². The molecule has 0 spiro atoms. The maximum Gasteiger partial charge on any atom is 0.231 e. The van der Waals surface area contributed by atoms with Crippen molar-refractivity contribution < 1.29 is 14.3 Å². The second-order valence-corrected chi connectivity index (χ2v) is 7.97. The van der Waals surface area contributed by atoms with Gasteiger partial charge in [-0.15, -0.1) is 10.2 Å². The van der Waals surface area contributed by atoms with Crippen LogP contribution in [0.1, 0.15) is 51.0 Å². The van der Waals surface area contributed by atoms with E-state index in [0.29, 0.717) is 24.2 Å². The second kappa shape index (κ2) is 9.14. The second-order valence-electron chi connectivity index (χ2n) is 6.96. The Hall–Kier alpha value is -2.48. The van der Waals surface area contributed by atoms with E-state index >= 15 is 0 Å². The third kappa shape index (κ3) is 4.67. The molecule has 0 aliphatic carbocycles. The number of hydrogen-bond acceptors (Lipinski definition) is 6. The van der Waals surface area contributed by atoms with Gasteiger partial charge in [0.25, 0.3) is 0 Å². The summed E-state index contributed by atoms with van der Waals surface area (Å²) in [6.45, 7) is 7.12. The highest BCUT2D eigenvalue weighted by molar-refractivity contribution is 7.15. The molecule has 28 heavy (non-hydrogen) atoms. The molecule has 8 heteroatoms. The van der Waals surface area contributed by atoms with Gasteiger partial charge >= 0.3 is 0 Å². The van der Waals surface area contributed by atoms with Gasteiger partial charge in [-0.1, -0.05) is 31.6 Å². The molecule has 1 fully saturated rings. The van der Waals surface area contributed by atoms with Crippen molar-refractivity contribution in [2.75, 3.05) is 23.4 Å². The normalized spacial score (nSPS) is 17.6. The number of ether oxygens (including phenoxy) is 1. The number of amides is 2. The average molecular weight is 403 g/mol. The van der Waals surface area contributed by atoms with Crippen LogP contribution < -0.4 is 15.0 Å². The smallest absolute Gasteiger partial charge is 0.231 e. The number of hydrogen-bond donors (Lipinski definition) is 1. The summed E-state index contributed by atoms with van der Waals surface area (Å²) in [5, 5.41) is 12.5. The summed E-state index contributed by atoms with van der Waals surface area (Å²) >= 11 is 1.41. The molecule has 150 valence electrons. The molecular weight excluding hydrogens is 376 g/mol. The molecule has 1 N–H and O–H groups in total. The fourth-order valence-electron chi connectivity index (χ4n) is 3.27. The zero-order valence-corrected chi connectivity index (χ0v) is 17.3. The first-order valence-electron chi connectivity index (χ1n) is 9.69. The van der Waals surface area contributed by atoms with Gasteiger partial charge in [-0.05, 0) is 37.6 Å². The van der Waals surface area contributed by atoms with E-state index in [-0.39, 0.29) is 18.2 Å². The summed E-state index contributed by atoms with van der Waals surface area (Å²) < 4.78 is 5.43. The van der Waals surface area contributed by atoms with E-state index in [9.17, 15) is 9.59 Å². The van der Waals surface area contributed by atoms with Crippen LogP contribution in [-0.2, 0) is 9.59 Å². The first-order valence-corrected chi connectivity index (χ1v) is 10.5. The summed E-state index contributed by atoms with van der Waals surface area (Å²) in [5.74, 6) is 0.443. The third-order valence-electron chi connectivity index (χ3n) is 4.77. The summed E-state index contributed by atoms with van der Waals surface area (Å²) in [6, 6.07) is 7.35. The summed E-state index contributed by atoms with van der Waals surface area (Å²) in [4.78, 5) is 26.7. The summed E-state index contributed by atoms with van der Waals surface area (Å²) in [6.07, 6.45) is 2.31. The van der Waals surface area contributed by atoms with Crippen LogP contribution in [0, 0.1) is 5.92 Å². The van der Waals surface area contributed by atoms with Crippen LogP contribution in [0.4, 0.5) is 10.8 Å². The van der Waals surface area contributed by atoms with Crippen molar-refractivity contribution in [2.24, 2.45) is 5.92 Å². The van der Waals surface area contributed by atoms with Gasteiger partial charge in [0.05, 0.1) is 12.5 Å². The van der Waals surface area contributed by atoms with Gasteiger partial charge in [0.15, 0.2) is 0 Å². The Morgan fingerprint density at radius 1 is 1.32 bits per heavy atom. The first-order chi connectivity index (χ1) is 13.5. The molecule has 2 aromatic rings. The lowest BCUT2D eigenvalue weighted by Gasteiger charge is -2.17. The van der Waals surface area contributed by atoms with E-state index < -0.39 is 5.92 Å². The number of aromatic nitrogens is 2. The predicted molar refractivity (Wildman–Crippen MR) is 110 cm³/mol. The molecule has 2 heterocycles. The maximum atomic E-state index is 12.6. The van der Waals surface area contributed by atoms with Crippen molar-refractivity contribution in [1.82, 2.24) is 10.2 Å². The van der Waals surface area contributed by atoms with Crippen LogP contribution >= 0.6 is 11.3 Å². The topological polar surface area (TPSA) is 84.4 Å². The highest BCUT2D eigenvalue weighted by Gasteiger charge is 2.35. The monoisotopic (exact) mass is 402 g/mol. The van der Waals surface area contributed by atoms with Crippen molar-refractivity contribution in [1.29, 1.82) is 0 Å². The van der Waals surface area contributed by atoms with Crippen LogP contribution in [0.5, 0.6) is 5.75 Å². The highest BCUT2D eigenvalue weighted by Crippen LogP contribution is 2.29. The largest absolute Gasteiger partial charge is 0.494 e. The Morgan fingerprint density at radius 3 is 2.75 bits per heavy atom. The van der Waals surface area contributed by atoms with Crippen LogP contribution in [0.2, 0.25) is 0 Å². The molecule has 2 atom stereocenters. The number of benzene rings is 1. The minimum absolute atomic E-state index is 0.0566. The van der Waals surface area contributed by atoms with E-state index in [2.05, 4.69) is 29.4 Å². The Labute approximate surface area is 169 Å². The van der Waals surface area contributed by atoms with E-state index in [4.69, 9.17) is 4.74 Å². The number of carbonyl (C=O) groups is 2. The van der Waals surface area contributed by atoms with Gasteiger partial charge in [0.2, 0.25) is 16.9 Å². The molecule has 0 bridgehead atoms. The predicted octanol–water partition coefficient (Wildman–Crippen LogP) is 3.83. The lowest BCUT2D eigenvalue weighted by molar-refractivity contribution is -0.122. The van der Waals surface area contributed by atoms with E-state index in [1.54, 1.807) is 4.90 Å². The van der Waals surface area contributed by atoms with Gasteiger partial charge in [-0.2, -0.15) is 0 Å². The van der Waals surface area contributed by atoms with Gasteiger partial charge in [-0.3, -0.25) is 9.59 Å². The first kappa shape index (κ1) is 20.3. The van der Waals surface area contributed by atoms with Crippen molar-refractivity contribution in [3.63, 3.8) is 0 Å². The standard InChI is InChI=1S/C20H26N4O3S/c1-4-6-13(3)19-22-23-20(28-19)21-18(26)14-11-17(25)24(12-14)15-7-9-16(10-8-15)27-5-2/h7-10,13-14H,4-6,11-12H2,1-3H3,(H,21,23,26)/t13-,14+/m0/s1. The van der Waals surface area contributed by atoms with Gasteiger partial charge in [0, 0.05) is 24.6 Å². The maximum absolute atomic E-state index is 12.6. The van der Waals surface area contributed by atoms with Crippen LogP contribution in [0.25, 0.3) is 0 Å². The van der Waals surface area contributed by atoms with E-state index in [1.807, 2.05) is 31.2 Å². The number of nitrogens with one attached hydrogen (secondary N) is 1. The summed E-state index contributed by atoms with van der Waals surface area (Å²) in [7, 11) is 0. The van der Waals surface area contributed by atoms with Crippen LogP contribution in [0.3, 0.4) is 0 Å². The highest BCUT2D eigenvalue weighted by atomic mass is 32.1. The van der Waals surface area contributed by atoms with Crippen LogP contribution in [0.15, 0.2) is 24.3 Å². The van der Waals surface area contributed by atoms with Crippen molar-refractivity contribution >= 4 is 34.0 Å². The minimum Gasteiger partial charge on any atom is -0.494 e. The molecule has 1 saturated heterocycles. The number of carbonyl (C=O) groups excluding carboxylic acids is 2. The van der Waals surface area contributed by atoms with Gasteiger partial charge in [-0.25, -0.2) is 0 Å². The van der Waals surface area contributed by atoms with Crippen molar-refractivity contribution in [3.8, 4) is 5.75 Å².